The molecule has 1 aliphatic heterocycles. The molecule has 182 valence electrons. The molecule has 1 saturated heterocycles. The average Bonchev–Trinajstić information content (AvgIpc) is 3.57. The standard InChI is InChI=1S/C28H33N5OS/c1-19-18-23(20(2)33(19)22-12-6-7-13-22)27-26(24-14-8-9-16-29-24)31-28(35)32(27)17-15-25(34)30-21-10-4-3-5-11-21/h3-5,8-11,14,16,18,22,26-27H,6-7,12-13,15,17H2,1-2H3,(H,30,34)(H,31,35)/t26-,27+/m0/s1. The highest BCUT2D eigenvalue weighted by Crippen LogP contribution is 2.43. The predicted molar refractivity (Wildman–Crippen MR) is 143 cm³/mol. The second-order valence-electron chi connectivity index (χ2n) is 9.62. The van der Waals surface area contributed by atoms with Gasteiger partial charge in [-0.1, -0.05) is 37.1 Å². The van der Waals surface area contributed by atoms with Gasteiger partial charge in [0.1, 0.15) is 0 Å². The summed E-state index contributed by atoms with van der Waals surface area (Å²) in [5, 5.41) is 7.19. The van der Waals surface area contributed by atoms with Crippen molar-refractivity contribution in [3.05, 3.63) is 83.4 Å². The van der Waals surface area contributed by atoms with E-state index in [0.29, 0.717) is 24.1 Å². The van der Waals surface area contributed by atoms with Crippen molar-refractivity contribution in [1.29, 1.82) is 0 Å². The molecule has 0 radical (unpaired) electrons. The Morgan fingerprint density at radius 2 is 1.86 bits per heavy atom. The van der Waals surface area contributed by atoms with Crippen LogP contribution in [0.2, 0.25) is 0 Å². The number of hydrogen-bond donors (Lipinski definition) is 2. The maximum absolute atomic E-state index is 12.8. The van der Waals surface area contributed by atoms with Gasteiger partial charge in [-0.25, -0.2) is 0 Å². The topological polar surface area (TPSA) is 62.2 Å². The summed E-state index contributed by atoms with van der Waals surface area (Å²) in [5.41, 5.74) is 5.62. The van der Waals surface area contributed by atoms with Crippen molar-refractivity contribution in [3.8, 4) is 0 Å². The van der Waals surface area contributed by atoms with Gasteiger partial charge in [-0.15, -0.1) is 0 Å². The van der Waals surface area contributed by atoms with Crippen molar-refractivity contribution in [2.24, 2.45) is 0 Å². The minimum absolute atomic E-state index is 0.0181. The van der Waals surface area contributed by atoms with E-state index in [1.165, 1.54) is 42.6 Å². The molecule has 2 N–H and O–H groups in total. The number of thiocarbonyl (C=S) groups is 1. The normalized spacial score (nSPS) is 20.3. The molecule has 2 aromatic heterocycles. The zero-order chi connectivity index (χ0) is 24.4. The molecule has 0 unspecified atom stereocenters. The van der Waals surface area contributed by atoms with Crippen molar-refractivity contribution in [2.45, 2.75) is 64.1 Å². The number of hydrogen-bond acceptors (Lipinski definition) is 3. The van der Waals surface area contributed by atoms with E-state index in [-0.39, 0.29) is 18.0 Å². The smallest absolute Gasteiger partial charge is 0.226 e. The van der Waals surface area contributed by atoms with E-state index in [2.05, 4.69) is 51.1 Å². The molecule has 2 atom stereocenters. The van der Waals surface area contributed by atoms with E-state index < -0.39 is 0 Å². The van der Waals surface area contributed by atoms with Gasteiger partial charge >= 0.3 is 0 Å². The minimum atomic E-state index is -0.0709. The van der Waals surface area contributed by atoms with Crippen molar-refractivity contribution < 1.29 is 4.79 Å². The molecule has 2 aliphatic rings. The van der Waals surface area contributed by atoms with Gasteiger partial charge in [0.2, 0.25) is 5.91 Å². The fraction of sp³-hybridized carbons (Fsp3) is 0.393. The molecule has 7 heteroatoms. The van der Waals surface area contributed by atoms with Crippen LogP contribution < -0.4 is 10.6 Å². The summed E-state index contributed by atoms with van der Waals surface area (Å²) >= 11 is 5.81. The number of aromatic nitrogens is 2. The number of rotatable bonds is 7. The van der Waals surface area contributed by atoms with Crippen LogP contribution in [0.4, 0.5) is 5.69 Å². The molecule has 3 aromatic rings. The van der Waals surface area contributed by atoms with E-state index in [4.69, 9.17) is 12.2 Å². The second kappa shape index (κ2) is 10.2. The summed E-state index contributed by atoms with van der Waals surface area (Å²) in [6.45, 7) is 4.98. The number of para-hydroxylation sites is 1. The highest BCUT2D eigenvalue weighted by atomic mass is 32.1. The van der Waals surface area contributed by atoms with Gasteiger partial charge in [-0.05, 0) is 74.8 Å². The van der Waals surface area contributed by atoms with Gasteiger partial charge < -0.3 is 20.1 Å². The van der Waals surface area contributed by atoms with Gasteiger partial charge in [0.25, 0.3) is 0 Å². The summed E-state index contributed by atoms with van der Waals surface area (Å²) in [4.78, 5) is 19.6. The first-order valence-corrected chi connectivity index (χ1v) is 12.9. The van der Waals surface area contributed by atoms with Crippen molar-refractivity contribution in [1.82, 2.24) is 19.8 Å². The zero-order valence-corrected chi connectivity index (χ0v) is 21.2. The molecule has 6 nitrogen and oxygen atoms in total. The fourth-order valence-electron chi connectivity index (χ4n) is 5.78. The molecule has 1 saturated carbocycles. The van der Waals surface area contributed by atoms with Crippen LogP contribution in [-0.2, 0) is 4.79 Å². The molecule has 0 bridgehead atoms. The monoisotopic (exact) mass is 487 g/mol. The maximum Gasteiger partial charge on any atom is 0.226 e. The van der Waals surface area contributed by atoms with Gasteiger partial charge in [-0.2, -0.15) is 0 Å². The van der Waals surface area contributed by atoms with E-state index in [1.54, 1.807) is 0 Å². The Morgan fingerprint density at radius 1 is 1.11 bits per heavy atom. The first kappa shape index (κ1) is 23.5. The van der Waals surface area contributed by atoms with E-state index in [1.807, 2.05) is 48.7 Å². The first-order valence-electron chi connectivity index (χ1n) is 12.5. The summed E-state index contributed by atoms with van der Waals surface area (Å²) in [7, 11) is 0. The Kier molecular flexibility index (Phi) is 6.86. The van der Waals surface area contributed by atoms with Crippen molar-refractivity contribution in [3.63, 3.8) is 0 Å². The number of anilines is 1. The number of carbonyl (C=O) groups is 1. The first-order chi connectivity index (χ1) is 17.0. The molecular weight excluding hydrogens is 454 g/mol. The quantitative estimate of drug-likeness (QED) is 0.424. The Balaban J connectivity index is 1.44. The number of pyridine rings is 1. The van der Waals surface area contributed by atoms with Crippen molar-refractivity contribution >= 4 is 28.9 Å². The number of nitrogens with zero attached hydrogens (tertiary/aromatic N) is 3. The molecule has 2 fully saturated rings. The number of benzene rings is 1. The minimum Gasteiger partial charge on any atom is -0.352 e. The lowest BCUT2D eigenvalue weighted by atomic mass is 9.96. The van der Waals surface area contributed by atoms with Crippen LogP contribution in [-0.4, -0.2) is 32.0 Å². The Labute approximate surface area is 212 Å². The fourth-order valence-corrected chi connectivity index (χ4v) is 6.11. The Bertz CT molecular complexity index is 1190. The van der Waals surface area contributed by atoms with Gasteiger partial charge in [0.15, 0.2) is 5.11 Å². The third-order valence-electron chi connectivity index (χ3n) is 7.37. The highest BCUT2D eigenvalue weighted by molar-refractivity contribution is 7.80. The van der Waals surface area contributed by atoms with Crippen molar-refractivity contribution in [2.75, 3.05) is 11.9 Å². The number of amides is 1. The average molecular weight is 488 g/mol. The van der Waals surface area contributed by atoms with Gasteiger partial charge in [-0.3, -0.25) is 9.78 Å². The molecule has 35 heavy (non-hydrogen) atoms. The van der Waals surface area contributed by atoms with Gasteiger partial charge in [0.05, 0.1) is 17.8 Å². The molecule has 1 aliphatic carbocycles. The molecule has 0 spiro atoms. The van der Waals surface area contributed by atoms with Crippen LogP contribution >= 0.6 is 12.2 Å². The molecule has 5 rings (SSSR count). The number of carbonyl (C=O) groups excluding carboxylic acids is 1. The summed E-state index contributed by atoms with van der Waals surface area (Å²) in [6.07, 6.45) is 7.25. The van der Waals surface area contributed by atoms with Crippen LogP contribution in [0.5, 0.6) is 0 Å². The van der Waals surface area contributed by atoms with Crippen LogP contribution in [0.15, 0.2) is 60.8 Å². The molecule has 1 aromatic carbocycles. The summed E-state index contributed by atoms with van der Waals surface area (Å²) in [5.74, 6) is -0.0181. The summed E-state index contributed by atoms with van der Waals surface area (Å²) < 4.78 is 2.53. The van der Waals surface area contributed by atoms with Crippen LogP contribution in [0.25, 0.3) is 0 Å². The van der Waals surface area contributed by atoms with E-state index in [9.17, 15) is 4.79 Å². The Hall–Kier alpha value is -3.19. The Morgan fingerprint density at radius 3 is 2.57 bits per heavy atom. The van der Waals surface area contributed by atoms with E-state index >= 15 is 0 Å². The van der Waals surface area contributed by atoms with Gasteiger partial charge in [0, 0.05) is 42.3 Å². The largest absolute Gasteiger partial charge is 0.352 e. The molecular formula is C28H33N5OS. The van der Waals surface area contributed by atoms with Crippen LogP contribution in [0.3, 0.4) is 0 Å². The van der Waals surface area contributed by atoms with Crippen LogP contribution in [0, 0.1) is 13.8 Å². The highest BCUT2D eigenvalue weighted by Gasteiger charge is 2.41. The predicted octanol–water partition coefficient (Wildman–Crippen LogP) is 5.62. The third kappa shape index (κ3) is 4.82. The van der Waals surface area contributed by atoms with Crippen LogP contribution in [0.1, 0.15) is 72.9 Å². The lowest BCUT2D eigenvalue weighted by Crippen LogP contribution is -2.33. The van der Waals surface area contributed by atoms with E-state index in [0.717, 1.165) is 11.4 Å². The lowest BCUT2D eigenvalue weighted by Gasteiger charge is -2.28. The SMILES string of the molecule is Cc1cc([C@@H]2[C@H](c3ccccn3)NC(=S)N2CCC(=O)Nc2ccccc2)c(C)n1C1CCCC1. The zero-order valence-electron chi connectivity index (χ0n) is 20.4. The lowest BCUT2D eigenvalue weighted by molar-refractivity contribution is -0.116. The third-order valence-corrected chi connectivity index (χ3v) is 7.72. The summed E-state index contributed by atoms with van der Waals surface area (Å²) in [6, 6.07) is 18.4. The molecule has 1 amide bonds. The number of nitrogens with one attached hydrogen (secondary N) is 2. The second-order valence-corrected chi connectivity index (χ2v) is 10.0. The maximum atomic E-state index is 12.8. The number of aryl methyl sites for hydroxylation is 1. The molecule has 3 heterocycles.